The second-order valence-electron chi connectivity index (χ2n) is 3.77. The van der Waals surface area contributed by atoms with Crippen LogP contribution in [0.5, 0.6) is 0 Å². The van der Waals surface area contributed by atoms with Crippen LogP contribution in [0.1, 0.15) is 12.8 Å². The number of anilines is 1. The van der Waals surface area contributed by atoms with Crippen LogP contribution in [-0.2, 0) is 0 Å². The van der Waals surface area contributed by atoms with Crippen molar-refractivity contribution in [3.63, 3.8) is 0 Å². The summed E-state index contributed by atoms with van der Waals surface area (Å²) >= 11 is 1.78. The predicted octanol–water partition coefficient (Wildman–Crippen LogP) is 2.31. The van der Waals surface area contributed by atoms with Gasteiger partial charge in [-0.1, -0.05) is 12.1 Å². The third-order valence-corrected chi connectivity index (χ3v) is 3.44. The molecule has 1 aromatic carbocycles. The molecule has 0 spiro atoms. The molecule has 0 amide bonds. The van der Waals surface area contributed by atoms with Crippen molar-refractivity contribution in [1.29, 1.82) is 0 Å². The Hall–Kier alpha value is -0.670. The van der Waals surface area contributed by atoms with Crippen LogP contribution < -0.4 is 11.1 Å². The first-order valence-electron chi connectivity index (χ1n) is 4.94. The minimum Gasteiger partial charge on any atom is -0.381 e. The summed E-state index contributed by atoms with van der Waals surface area (Å²) in [6.07, 6.45) is 4.30. The third kappa shape index (κ3) is 2.04. The maximum Gasteiger partial charge on any atom is 0.0480 e. The molecular formula is C11H16N2S. The lowest BCUT2D eigenvalue weighted by atomic mass is 9.87. The average molecular weight is 208 g/mol. The maximum atomic E-state index is 5.75. The number of hydrogen-bond acceptors (Lipinski definition) is 3. The van der Waals surface area contributed by atoms with Gasteiger partial charge in [-0.2, -0.15) is 0 Å². The van der Waals surface area contributed by atoms with Crippen LogP contribution in [0, 0.1) is 0 Å². The first kappa shape index (κ1) is 9.87. The highest BCUT2D eigenvalue weighted by Gasteiger charge is 2.25. The maximum absolute atomic E-state index is 5.75. The molecule has 14 heavy (non-hydrogen) atoms. The second kappa shape index (κ2) is 4.24. The summed E-state index contributed by atoms with van der Waals surface area (Å²) in [5, 5.41) is 3.53. The minimum atomic E-state index is 0.411. The number of hydrogen-bond donors (Lipinski definition) is 2. The van der Waals surface area contributed by atoms with Gasteiger partial charge in [0.25, 0.3) is 0 Å². The minimum absolute atomic E-state index is 0.411. The molecule has 2 rings (SSSR count). The summed E-state index contributed by atoms with van der Waals surface area (Å²) < 4.78 is 0. The van der Waals surface area contributed by atoms with Crippen LogP contribution in [0.25, 0.3) is 0 Å². The van der Waals surface area contributed by atoms with E-state index in [9.17, 15) is 0 Å². The zero-order valence-corrected chi connectivity index (χ0v) is 9.18. The number of para-hydroxylation sites is 1. The number of nitrogens with one attached hydrogen (secondary N) is 1. The molecular weight excluding hydrogens is 192 g/mol. The molecule has 3 heteroatoms. The van der Waals surface area contributed by atoms with E-state index in [-0.39, 0.29) is 0 Å². The zero-order valence-electron chi connectivity index (χ0n) is 8.36. The van der Waals surface area contributed by atoms with Crippen molar-refractivity contribution in [3.8, 4) is 0 Å². The van der Waals surface area contributed by atoms with E-state index >= 15 is 0 Å². The molecule has 1 aliphatic carbocycles. The van der Waals surface area contributed by atoms with Crippen LogP contribution in [0.4, 0.5) is 5.69 Å². The van der Waals surface area contributed by atoms with Crippen molar-refractivity contribution in [3.05, 3.63) is 24.3 Å². The van der Waals surface area contributed by atoms with Crippen molar-refractivity contribution in [2.24, 2.45) is 5.73 Å². The Morgan fingerprint density at radius 2 is 2.07 bits per heavy atom. The average Bonchev–Trinajstić information content (AvgIpc) is 2.16. The van der Waals surface area contributed by atoms with Gasteiger partial charge in [-0.25, -0.2) is 0 Å². The Morgan fingerprint density at radius 1 is 1.36 bits per heavy atom. The van der Waals surface area contributed by atoms with Crippen molar-refractivity contribution < 1.29 is 0 Å². The van der Waals surface area contributed by atoms with Crippen LogP contribution in [0.3, 0.4) is 0 Å². The molecule has 2 nitrogen and oxygen atoms in total. The Bertz CT molecular complexity index is 308. The van der Waals surface area contributed by atoms with Gasteiger partial charge in [0.1, 0.15) is 0 Å². The molecule has 76 valence electrons. The predicted molar refractivity (Wildman–Crippen MR) is 62.8 cm³/mol. The lowest BCUT2D eigenvalue weighted by Gasteiger charge is -2.34. The molecule has 1 aromatic rings. The van der Waals surface area contributed by atoms with Gasteiger partial charge in [0, 0.05) is 22.7 Å². The smallest absolute Gasteiger partial charge is 0.0480 e. The van der Waals surface area contributed by atoms with Crippen molar-refractivity contribution >= 4 is 17.4 Å². The molecule has 0 atom stereocenters. The highest BCUT2D eigenvalue weighted by molar-refractivity contribution is 7.98. The SMILES string of the molecule is CSc1ccccc1NC1CC(N)C1. The summed E-state index contributed by atoms with van der Waals surface area (Å²) in [4.78, 5) is 1.31. The normalized spacial score (nSPS) is 25.6. The first-order chi connectivity index (χ1) is 6.79. The van der Waals surface area contributed by atoms with Gasteiger partial charge < -0.3 is 11.1 Å². The van der Waals surface area contributed by atoms with Crippen molar-refractivity contribution in [2.45, 2.75) is 29.8 Å². The van der Waals surface area contributed by atoms with E-state index in [1.807, 2.05) is 0 Å². The number of thioether (sulfide) groups is 1. The van der Waals surface area contributed by atoms with Crippen molar-refractivity contribution in [2.75, 3.05) is 11.6 Å². The number of nitrogens with two attached hydrogens (primary N) is 1. The number of rotatable bonds is 3. The summed E-state index contributed by atoms with van der Waals surface area (Å²) in [5.74, 6) is 0. The van der Waals surface area contributed by atoms with Crippen LogP contribution in [0.15, 0.2) is 29.2 Å². The molecule has 0 saturated heterocycles. The lowest BCUT2D eigenvalue weighted by molar-refractivity contribution is 0.373. The topological polar surface area (TPSA) is 38.0 Å². The summed E-state index contributed by atoms with van der Waals surface area (Å²) in [7, 11) is 0. The van der Waals surface area contributed by atoms with E-state index < -0.39 is 0 Å². The fourth-order valence-electron chi connectivity index (χ4n) is 1.76. The van der Waals surface area contributed by atoms with Gasteiger partial charge in [0.2, 0.25) is 0 Å². The van der Waals surface area contributed by atoms with E-state index in [0.29, 0.717) is 12.1 Å². The second-order valence-corrected chi connectivity index (χ2v) is 4.62. The molecule has 0 heterocycles. The third-order valence-electron chi connectivity index (χ3n) is 2.64. The molecule has 3 N–H and O–H groups in total. The fraction of sp³-hybridized carbons (Fsp3) is 0.455. The molecule has 1 aliphatic rings. The molecule has 1 saturated carbocycles. The largest absolute Gasteiger partial charge is 0.381 e. The highest BCUT2D eigenvalue weighted by atomic mass is 32.2. The lowest BCUT2D eigenvalue weighted by Crippen LogP contribution is -2.44. The summed E-state index contributed by atoms with van der Waals surface area (Å²) in [5.41, 5.74) is 7.00. The van der Waals surface area contributed by atoms with Gasteiger partial charge in [-0.05, 0) is 31.2 Å². The molecule has 0 aromatic heterocycles. The number of benzene rings is 1. The van der Waals surface area contributed by atoms with Gasteiger partial charge in [0.05, 0.1) is 0 Å². The van der Waals surface area contributed by atoms with E-state index in [1.165, 1.54) is 10.6 Å². The zero-order chi connectivity index (χ0) is 9.97. The molecule has 1 fully saturated rings. The molecule has 0 radical (unpaired) electrons. The Balaban J connectivity index is 2.01. The summed E-state index contributed by atoms with van der Waals surface area (Å²) in [6.45, 7) is 0. The molecule has 0 unspecified atom stereocenters. The Morgan fingerprint density at radius 3 is 2.71 bits per heavy atom. The monoisotopic (exact) mass is 208 g/mol. The van der Waals surface area contributed by atoms with E-state index in [4.69, 9.17) is 5.73 Å². The molecule has 0 bridgehead atoms. The van der Waals surface area contributed by atoms with Gasteiger partial charge in [0.15, 0.2) is 0 Å². The quantitative estimate of drug-likeness (QED) is 0.749. The fourth-order valence-corrected chi connectivity index (χ4v) is 2.33. The van der Waals surface area contributed by atoms with E-state index in [1.54, 1.807) is 11.8 Å². The van der Waals surface area contributed by atoms with Gasteiger partial charge in [-0.15, -0.1) is 11.8 Å². The van der Waals surface area contributed by atoms with Gasteiger partial charge in [-0.3, -0.25) is 0 Å². The van der Waals surface area contributed by atoms with Crippen molar-refractivity contribution in [1.82, 2.24) is 0 Å². The van der Waals surface area contributed by atoms with Crippen LogP contribution >= 0.6 is 11.8 Å². The van der Waals surface area contributed by atoms with E-state index in [2.05, 4.69) is 35.8 Å². The summed E-state index contributed by atoms with van der Waals surface area (Å²) in [6, 6.07) is 9.41. The standard InChI is InChI=1S/C11H16N2S/c1-14-11-5-3-2-4-10(11)13-9-6-8(12)7-9/h2-5,8-9,13H,6-7,12H2,1H3. The Labute approximate surface area is 89.3 Å². The molecule has 0 aliphatic heterocycles. The van der Waals surface area contributed by atoms with E-state index in [0.717, 1.165) is 12.8 Å². The van der Waals surface area contributed by atoms with Crippen LogP contribution in [-0.4, -0.2) is 18.3 Å². The van der Waals surface area contributed by atoms with Crippen LogP contribution in [0.2, 0.25) is 0 Å². The highest BCUT2D eigenvalue weighted by Crippen LogP contribution is 2.29. The Kier molecular flexibility index (Phi) is 2.99. The first-order valence-corrected chi connectivity index (χ1v) is 6.17. The van der Waals surface area contributed by atoms with Gasteiger partial charge >= 0.3 is 0 Å².